The molecule has 3 nitrogen and oxygen atoms in total. The van der Waals surface area contributed by atoms with Crippen LogP contribution in [0.4, 0.5) is 26.3 Å². The summed E-state index contributed by atoms with van der Waals surface area (Å²) in [6.45, 7) is 4.12. The normalized spacial score (nSPS) is 12.1. The van der Waals surface area contributed by atoms with Gasteiger partial charge in [0.1, 0.15) is 0 Å². The van der Waals surface area contributed by atoms with E-state index in [4.69, 9.17) is 0 Å². The fourth-order valence-corrected chi connectivity index (χ4v) is 9.88. The average molecular weight is 902 g/mol. The number of hydrogen-bond acceptors (Lipinski definition) is 1. The summed E-state index contributed by atoms with van der Waals surface area (Å²) in [6.07, 6.45) is -10.2. The van der Waals surface area contributed by atoms with Crippen LogP contribution in [0.2, 0.25) is 0 Å². The van der Waals surface area contributed by atoms with Gasteiger partial charge in [0.15, 0.2) is 0 Å². The Labute approximate surface area is 387 Å². The molecule has 9 heteroatoms. The summed E-state index contributed by atoms with van der Waals surface area (Å²) in [5.74, 6) is 0. The molecular weight excluding hydrogens is 865 g/mol. The van der Waals surface area contributed by atoms with Crippen LogP contribution in [0.3, 0.4) is 0 Å². The molecule has 0 amide bonds. The molecule has 0 spiro atoms. The second-order valence-corrected chi connectivity index (χ2v) is 17.2. The third-order valence-electron chi connectivity index (χ3n) is 13.1. The largest absolute Gasteiger partial charge is 0.416 e. The molecule has 2 aromatic heterocycles. The first-order valence-corrected chi connectivity index (χ1v) is 21.9. The van der Waals surface area contributed by atoms with E-state index in [1.165, 1.54) is 0 Å². The molecule has 9 aromatic carbocycles. The van der Waals surface area contributed by atoms with E-state index >= 15 is 0 Å². The minimum absolute atomic E-state index is 0.118. The van der Waals surface area contributed by atoms with Crippen LogP contribution >= 0.6 is 0 Å². The fraction of sp³-hybridized carbons (Fsp3) is 0.0678. The van der Waals surface area contributed by atoms with E-state index in [2.05, 4.69) is 71.5 Å². The number of fused-ring (bicyclic) bond motifs is 6. The topological polar surface area (TPSA) is 33.6 Å². The molecule has 0 radical (unpaired) electrons. The maximum atomic E-state index is 14.6. The minimum Gasteiger partial charge on any atom is -0.309 e. The van der Waals surface area contributed by atoms with Gasteiger partial charge in [-0.15, -0.1) is 0 Å². The molecule has 0 saturated heterocycles. The molecule has 11 rings (SSSR count). The van der Waals surface area contributed by atoms with Gasteiger partial charge in [0.2, 0.25) is 0 Å². The van der Waals surface area contributed by atoms with Gasteiger partial charge < -0.3 is 9.13 Å². The lowest BCUT2D eigenvalue weighted by atomic mass is 9.90. The van der Waals surface area contributed by atoms with Crippen LogP contribution in [-0.2, 0) is 12.4 Å². The lowest BCUT2D eigenvalue weighted by Crippen LogP contribution is -2.11. The third-order valence-corrected chi connectivity index (χ3v) is 13.1. The minimum atomic E-state index is -5.08. The lowest BCUT2D eigenvalue weighted by Gasteiger charge is -2.21. The van der Waals surface area contributed by atoms with Crippen molar-refractivity contribution in [2.45, 2.75) is 26.2 Å². The summed E-state index contributed by atoms with van der Waals surface area (Å²) < 4.78 is 91.6. The summed E-state index contributed by atoms with van der Waals surface area (Å²) in [5.41, 5.74) is 8.91. The van der Waals surface area contributed by atoms with Gasteiger partial charge in [-0.25, -0.2) is 0 Å². The first-order chi connectivity index (χ1) is 32.8. The summed E-state index contributed by atoms with van der Waals surface area (Å²) in [7, 11) is 0. The first kappa shape index (κ1) is 42.3. The van der Waals surface area contributed by atoms with E-state index in [1.807, 2.05) is 97.1 Å². The Kier molecular flexibility index (Phi) is 9.90. The first-order valence-electron chi connectivity index (χ1n) is 21.9. The number of nitrogens with zero attached hydrogens (tertiary/aromatic N) is 3. The van der Waals surface area contributed by atoms with Gasteiger partial charge in [-0.3, -0.25) is 0 Å². The van der Waals surface area contributed by atoms with Gasteiger partial charge in [-0.2, -0.15) is 31.6 Å². The van der Waals surface area contributed by atoms with E-state index in [9.17, 15) is 31.6 Å². The molecule has 0 N–H and O–H groups in total. The van der Waals surface area contributed by atoms with E-state index in [1.54, 1.807) is 30.3 Å². The highest BCUT2D eigenvalue weighted by atomic mass is 19.4. The van der Waals surface area contributed by atoms with Crippen LogP contribution in [0.25, 0.3) is 99.5 Å². The van der Waals surface area contributed by atoms with Crippen molar-refractivity contribution in [1.82, 2.24) is 9.13 Å². The number of para-hydroxylation sites is 2. The second-order valence-electron chi connectivity index (χ2n) is 17.2. The lowest BCUT2D eigenvalue weighted by molar-refractivity contribution is -0.143. The highest BCUT2D eigenvalue weighted by Gasteiger charge is 2.37. The van der Waals surface area contributed by atoms with Gasteiger partial charge in [-0.05, 0) is 149 Å². The molecule has 0 aliphatic rings. The Bertz CT molecular complexity index is 3850. The third kappa shape index (κ3) is 7.08. The Morgan fingerprint density at radius 1 is 0.382 bits per heavy atom. The predicted molar refractivity (Wildman–Crippen MR) is 261 cm³/mol. The number of aryl methyl sites for hydroxylation is 2. The molecule has 0 fully saturated rings. The van der Waals surface area contributed by atoms with Crippen LogP contribution in [0, 0.1) is 25.2 Å². The van der Waals surface area contributed by atoms with Crippen molar-refractivity contribution in [2.24, 2.45) is 0 Å². The predicted octanol–water partition coefficient (Wildman–Crippen LogP) is 17.1. The number of hydrogen-bond donors (Lipinski definition) is 0. The zero-order chi connectivity index (χ0) is 47.1. The molecule has 0 saturated carbocycles. The summed E-state index contributed by atoms with van der Waals surface area (Å²) >= 11 is 0. The Hall–Kier alpha value is -8.35. The van der Waals surface area contributed by atoms with Crippen LogP contribution in [-0.4, -0.2) is 9.13 Å². The van der Waals surface area contributed by atoms with Crippen molar-refractivity contribution in [1.29, 1.82) is 5.26 Å². The van der Waals surface area contributed by atoms with E-state index in [-0.39, 0.29) is 22.8 Å². The monoisotopic (exact) mass is 901 g/mol. The van der Waals surface area contributed by atoms with E-state index < -0.39 is 23.5 Å². The Morgan fingerprint density at radius 3 is 1.43 bits per heavy atom. The van der Waals surface area contributed by atoms with Crippen molar-refractivity contribution in [2.75, 3.05) is 0 Å². The number of aromatic nitrogens is 2. The van der Waals surface area contributed by atoms with Crippen molar-refractivity contribution in [3.8, 4) is 62.0 Å². The zero-order valence-electron chi connectivity index (χ0n) is 36.5. The summed E-state index contributed by atoms with van der Waals surface area (Å²) in [5, 5.41) is 14.2. The summed E-state index contributed by atoms with van der Waals surface area (Å²) in [6, 6.07) is 58.7. The molecule has 2 heterocycles. The SMILES string of the molecule is Cc1ccccc1-c1ccc2c(c1)c1ccccc1n2-c1ccc(-c2cc(C(F)(F)F)cc(C(F)(F)F)c2)c(-c2cc(C#N)ccc2-n2c3ccccc3c3cc(-c4ccccc4C)ccc32)c1. The number of rotatable bonds is 6. The average Bonchev–Trinajstić information content (AvgIpc) is 3.85. The molecule has 11 aromatic rings. The van der Waals surface area contributed by atoms with Crippen LogP contribution in [0.5, 0.6) is 0 Å². The highest BCUT2D eigenvalue weighted by Crippen LogP contribution is 2.46. The highest BCUT2D eigenvalue weighted by molar-refractivity contribution is 6.12. The maximum absolute atomic E-state index is 14.6. The van der Waals surface area contributed by atoms with Gasteiger partial charge in [0.25, 0.3) is 0 Å². The smallest absolute Gasteiger partial charge is 0.309 e. The molecule has 0 aliphatic heterocycles. The van der Waals surface area contributed by atoms with Crippen molar-refractivity contribution >= 4 is 43.6 Å². The molecule has 0 unspecified atom stereocenters. The van der Waals surface area contributed by atoms with E-state index in [0.29, 0.717) is 22.5 Å². The second kappa shape index (κ2) is 15.9. The number of benzene rings is 9. The molecular formula is C59H37F6N3. The number of alkyl halides is 6. The Balaban J connectivity index is 1.22. The van der Waals surface area contributed by atoms with Gasteiger partial charge in [-0.1, -0.05) is 103 Å². The standard InChI is InChI=1S/C59H37F6N3/c1-35-11-3-5-13-44(35)38-20-25-55-51(30-38)47-15-7-9-17-53(47)67(55)43-22-23-46(40-28-41(58(60,61)62)32-42(29-40)59(63,64)65)49(33-43)50-27-37(34-66)19-24-56(50)68-54-18-10-8-16-48(54)52-31-39(21-26-57(52)68)45-14-6-4-12-36(45)2/h3-33H,1-2H3. The number of halogens is 6. The van der Waals surface area contributed by atoms with Crippen molar-refractivity contribution in [3.63, 3.8) is 0 Å². The van der Waals surface area contributed by atoms with E-state index in [0.717, 1.165) is 89.1 Å². The molecule has 0 bridgehead atoms. The van der Waals surface area contributed by atoms with Crippen molar-refractivity contribution in [3.05, 3.63) is 216 Å². The molecule has 68 heavy (non-hydrogen) atoms. The van der Waals surface area contributed by atoms with Gasteiger partial charge in [0, 0.05) is 32.8 Å². The maximum Gasteiger partial charge on any atom is 0.416 e. The molecule has 0 atom stereocenters. The fourth-order valence-electron chi connectivity index (χ4n) is 9.88. The molecule has 330 valence electrons. The van der Waals surface area contributed by atoms with Gasteiger partial charge in [0.05, 0.1) is 50.5 Å². The van der Waals surface area contributed by atoms with Crippen molar-refractivity contribution < 1.29 is 26.3 Å². The summed E-state index contributed by atoms with van der Waals surface area (Å²) in [4.78, 5) is 0. The Morgan fingerprint density at radius 2 is 0.882 bits per heavy atom. The van der Waals surface area contributed by atoms with Crippen LogP contribution < -0.4 is 0 Å². The van der Waals surface area contributed by atoms with Gasteiger partial charge >= 0.3 is 12.4 Å². The van der Waals surface area contributed by atoms with Crippen LogP contribution in [0.1, 0.15) is 27.8 Å². The number of nitriles is 1. The quantitative estimate of drug-likeness (QED) is 0.153. The zero-order valence-corrected chi connectivity index (χ0v) is 36.5. The molecule has 0 aliphatic carbocycles. The van der Waals surface area contributed by atoms with Crippen LogP contribution in [0.15, 0.2) is 188 Å².